The lowest BCUT2D eigenvalue weighted by Gasteiger charge is -2.31. The summed E-state index contributed by atoms with van der Waals surface area (Å²) in [5.41, 5.74) is 0.0373. The van der Waals surface area contributed by atoms with Crippen molar-refractivity contribution in [2.45, 2.75) is 82.5 Å². The molecule has 7 rings (SSSR count). The molecule has 0 bridgehead atoms. The van der Waals surface area contributed by atoms with Gasteiger partial charge in [-0.3, -0.25) is 9.88 Å². The van der Waals surface area contributed by atoms with Crippen LogP contribution >= 0.6 is 11.6 Å². The van der Waals surface area contributed by atoms with Crippen molar-refractivity contribution in [1.82, 2.24) is 24.8 Å². The summed E-state index contributed by atoms with van der Waals surface area (Å²) < 4.78 is 29.0. The van der Waals surface area contributed by atoms with Crippen LogP contribution in [0, 0.1) is 17.1 Å². The van der Waals surface area contributed by atoms with Crippen LogP contribution in [-0.2, 0) is 4.74 Å². The Hall–Kier alpha value is -4.27. The maximum atomic E-state index is 16.9. The van der Waals surface area contributed by atoms with Gasteiger partial charge >= 0.3 is 12.1 Å². The molecule has 2 aromatic carbocycles. The van der Waals surface area contributed by atoms with Gasteiger partial charge < -0.3 is 19.3 Å². The highest BCUT2D eigenvalue weighted by molar-refractivity contribution is 6.36. The van der Waals surface area contributed by atoms with Gasteiger partial charge in [-0.15, -0.1) is 0 Å². The van der Waals surface area contributed by atoms with Gasteiger partial charge in [-0.2, -0.15) is 15.2 Å². The van der Waals surface area contributed by atoms with Crippen molar-refractivity contribution in [3.05, 3.63) is 53.4 Å². The quantitative estimate of drug-likeness (QED) is 0.197. The molecule has 256 valence electrons. The Balaban J connectivity index is 1.30. The van der Waals surface area contributed by atoms with Gasteiger partial charge in [-0.05, 0) is 77.4 Å². The average Bonchev–Trinajstić information content (AvgIpc) is 3.78. The highest BCUT2D eigenvalue weighted by Gasteiger charge is 2.45. The number of benzene rings is 2. The first kappa shape index (κ1) is 33.2. The van der Waals surface area contributed by atoms with E-state index in [9.17, 15) is 10.1 Å². The minimum absolute atomic E-state index is 0.0596. The maximum Gasteiger partial charge on any atom is 0.410 e. The van der Waals surface area contributed by atoms with Gasteiger partial charge in [-0.25, -0.2) is 9.18 Å². The molecule has 12 heteroatoms. The lowest BCUT2D eigenvalue weighted by Crippen LogP contribution is -2.43. The molecular formula is C37H41ClFN7O3. The molecule has 0 unspecified atom stereocenters. The van der Waals surface area contributed by atoms with E-state index in [2.05, 4.69) is 20.9 Å². The second-order valence-corrected chi connectivity index (χ2v) is 14.9. The number of halogens is 2. The summed E-state index contributed by atoms with van der Waals surface area (Å²) in [6.45, 7) is 8.27. The second kappa shape index (κ2) is 12.9. The Labute approximate surface area is 290 Å². The Bertz CT molecular complexity index is 1950. The van der Waals surface area contributed by atoms with Crippen LogP contribution in [-0.4, -0.2) is 87.4 Å². The maximum absolute atomic E-state index is 16.9. The largest absolute Gasteiger partial charge is 0.461 e. The number of likely N-dealkylation sites (N-methyl/N-ethyl adjacent to an activating group) is 1. The smallest absolute Gasteiger partial charge is 0.410 e. The van der Waals surface area contributed by atoms with Crippen LogP contribution in [0.3, 0.4) is 0 Å². The fraction of sp³-hybridized carbons (Fsp3) is 0.486. The topological polar surface area (TPSA) is 108 Å². The third-order valence-electron chi connectivity index (χ3n) is 10.3. The molecular weight excluding hydrogens is 645 g/mol. The number of amides is 1. The van der Waals surface area contributed by atoms with Crippen molar-refractivity contribution in [2.24, 2.45) is 0 Å². The molecule has 1 amide bonds. The molecule has 2 aromatic heterocycles. The molecule has 2 atom stereocenters. The second-order valence-electron chi connectivity index (χ2n) is 14.5. The summed E-state index contributed by atoms with van der Waals surface area (Å²) in [6, 6.07) is 12.9. The van der Waals surface area contributed by atoms with Crippen molar-refractivity contribution < 1.29 is 18.7 Å². The van der Waals surface area contributed by atoms with Gasteiger partial charge in [-0.1, -0.05) is 41.9 Å². The summed E-state index contributed by atoms with van der Waals surface area (Å²) in [5, 5.41) is 12.1. The van der Waals surface area contributed by atoms with Crippen LogP contribution < -0.4 is 9.64 Å². The van der Waals surface area contributed by atoms with Gasteiger partial charge in [0.05, 0.1) is 29.5 Å². The van der Waals surface area contributed by atoms with E-state index in [-0.39, 0.29) is 41.3 Å². The molecule has 49 heavy (non-hydrogen) atoms. The Morgan fingerprint density at radius 1 is 1.16 bits per heavy atom. The van der Waals surface area contributed by atoms with Gasteiger partial charge in [0.25, 0.3) is 0 Å². The Kier molecular flexibility index (Phi) is 8.74. The van der Waals surface area contributed by atoms with E-state index in [1.54, 1.807) is 17.2 Å². The van der Waals surface area contributed by atoms with E-state index < -0.39 is 17.5 Å². The normalized spacial score (nSPS) is 20.5. The van der Waals surface area contributed by atoms with E-state index >= 15 is 4.39 Å². The zero-order chi connectivity index (χ0) is 34.5. The summed E-state index contributed by atoms with van der Waals surface area (Å²) in [6.07, 6.45) is 6.12. The number of ether oxygens (including phenoxy) is 2. The number of hydrogen-bond donors (Lipinski definition) is 0. The van der Waals surface area contributed by atoms with E-state index in [0.29, 0.717) is 46.7 Å². The van der Waals surface area contributed by atoms with E-state index in [4.69, 9.17) is 26.1 Å². The van der Waals surface area contributed by atoms with E-state index in [0.717, 1.165) is 44.2 Å². The van der Waals surface area contributed by atoms with Gasteiger partial charge in [0.2, 0.25) is 0 Å². The first-order valence-electron chi connectivity index (χ1n) is 17.0. The lowest BCUT2D eigenvalue weighted by molar-refractivity contribution is 0.0228. The van der Waals surface area contributed by atoms with Crippen molar-refractivity contribution in [3.63, 3.8) is 0 Å². The monoisotopic (exact) mass is 685 g/mol. The number of nitriles is 1. The number of rotatable bonds is 7. The predicted octanol–water partition coefficient (Wildman–Crippen LogP) is 7.37. The first-order chi connectivity index (χ1) is 23.5. The van der Waals surface area contributed by atoms with Crippen molar-refractivity contribution in [3.8, 4) is 23.3 Å². The number of nitrogens with zero attached hydrogens (tertiary/aromatic N) is 7. The van der Waals surface area contributed by atoms with Crippen LogP contribution in [0.15, 0.2) is 42.6 Å². The molecule has 5 heterocycles. The summed E-state index contributed by atoms with van der Waals surface area (Å²) >= 11 is 6.63. The number of aromatic nitrogens is 3. The molecule has 0 saturated carbocycles. The summed E-state index contributed by atoms with van der Waals surface area (Å²) in [5.74, 6) is -0.162. The molecule has 0 radical (unpaired) electrons. The average molecular weight is 686 g/mol. The lowest BCUT2D eigenvalue weighted by atomic mass is 9.95. The molecule has 0 N–H and O–H groups in total. The number of fused-ring (bicyclic) bond motifs is 3. The fourth-order valence-electron chi connectivity index (χ4n) is 7.88. The molecule has 3 saturated heterocycles. The number of anilines is 1. The first-order valence-corrected chi connectivity index (χ1v) is 17.4. The molecule has 4 aromatic rings. The minimum atomic E-state index is -0.684. The Morgan fingerprint density at radius 3 is 2.61 bits per heavy atom. The molecule has 3 aliphatic rings. The standard InChI is InChI=1S/C37H41ClFN7O3/c1-36(2,3)49-35(47)46-21-25(19-24(46)13-16-40)44(4)33-27-20-41-31(26-11-5-9-23-10-6-12-28(38)29(23)26)30(39)32(27)42-34(43-33)48-22-37-14-7-17-45(37)18-8-15-37/h5-6,9-12,20,24-25H,7-8,13-15,17-19,21-22H2,1-4H3/t24-,25+/m0/s1. The highest BCUT2D eigenvalue weighted by Crippen LogP contribution is 2.41. The van der Waals surface area contributed by atoms with E-state index in [1.807, 2.05) is 63.1 Å². The van der Waals surface area contributed by atoms with Gasteiger partial charge in [0.15, 0.2) is 5.82 Å². The fourth-order valence-corrected chi connectivity index (χ4v) is 8.17. The number of carbonyl (C=O) groups is 1. The summed E-state index contributed by atoms with van der Waals surface area (Å²) in [4.78, 5) is 33.4. The number of carbonyl (C=O) groups excluding carboxylic acids is 1. The van der Waals surface area contributed by atoms with Gasteiger partial charge in [0.1, 0.15) is 29.2 Å². The number of pyridine rings is 1. The molecule has 0 aliphatic carbocycles. The van der Waals surface area contributed by atoms with E-state index in [1.165, 1.54) is 0 Å². The third kappa shape index (κ3) is 6.21. The number of hydrogen-bond acceptors (Lipinski definition) is 9. The summed E-state index contributed by atoms with van der Waals surface area (Å²) in [7, 11) is 1.86. The third-order valence-corrected chi connectivity index (χ3v) is 10.6. The Morgan fingerprint density at radius 2 is 1.90 bits per heavy atom. The SMILES string of the molecule is CN(c1nc(OCC23CCCN2CCC3)nc2c(F)c(-c3cccc4cccc(Cl)c34)ncc12)[C@@H]1C[C@H](CC#N)N(C(=O)OC(C)(C)C)C1. The molecule has 0 spiro atoms. The molecule has 3 fully saturated rings. The zero-order valence-electron chi connectivity index (χ0n) is 28.4. The van der Waals surface area contributed by atoms with Crippen LogP contribution in [0.4, 0.5) is 15.0 Å². The highest BCUT2D eigenvalue weighted by atomic mass is 35.5. The molecule has 10 nitrogen and oxygen atoms in total. The van der Waals surface area contributed by atoms with Crippen molar-refractivity contribution in [2.75, 3.05) is 38.2 Å². The van der Waals surface area contributed by atoms with Crippen LogP contribution in [0.2, 0.25) is 5.02 Å². The predicted molar refractivity (Wildman–Crippen MR) is 187 cm³/mol. The van der Waals surface area contributed by atoms with Crippen molar-refractivity contribution in [1.29, 1.82) is 5.26 Å². The van der Waals surface area contributed by atoms with Crippen LogP contribution in [0.1, 0.15) is 59.3 Å². The minimum Gasteiger partial charge on any atom is -0.461 e. The van der Waals surface area contributed by atoms with Crippen LogP contribution in [0.25, 0.3) is 32.9 Å². The van der Waals surface area contributed by atoms with Crippen molar-refractivity contribution >= 4 is 45.2 Å². The zero-order valence-corrected chi connectivity index (χ0v) is 29.1. The van der Waals surface area contributed by atoms with Crippen LogP contribution in [0.5, 0.6) is 6.01 Å². The van der Waals surface area contributed by atoms with Gasteiger partial charge in [0, 0.05) is 41.8 Å². The number of likely N-dealkylation sites (tertiary alicyclic amines) is 1. The molecule has 3 aliphatic heterocycles.